The molecule has 0 aliphatic rings. The van der Waals surface area contributed by atoms with Gasteiger partial charge in [-0.3, -0.25) is 0 Å². The van der Waals surface area contributed by atoms with Gasteiger partial charge in [0.15, 0.2) is 0 Å². The van der Waals surface area contributed by atoms with Crippen molar-refractivity contribution in [3.05, 3.63) is 175 Å². The maximum absolute atomic E-state index is 10.8. The third-order valence-electron chi connectivity index (χ3n) is 11.5. The van der Waals surface area contributed by atoms with Crippen molar-refractivity contribution in [1.29, 1.82) is 10.5 Å². The SMILES string of the molecule is N#Cc1cc(-n2c3ccccc3c3c4oc5ccccc5c4ccc32)cc(-n2c3ccccc3c3cc(-n4c5ccccc5c5ccccc54)ccc32)c1C#N. The zero-order valence-corrected chi connectivity index (χ0v) is 29.7. The topological polar surface area (TPSA) is 75.5 Å². The molecule has 258 valence electrons. The summed E-state index contributed by atoms with van der Waals surface area (Å²) in [7, 11) is 0. The van der Waals surface area contributed by atoms with Crippen LogP contribution in [0.15, 0.2) is 168 Å². The van der Waals surface area contributed by atoms with Crippen LogP contribution in [0.1, 0.15) is 11.1 Å². The van der Waals surface area contributed by atoms with E-state index in [4.69, 9.17) is 4.42 Å². The Morgan fingerprint density at radius 2 is 0.929 bits per heavy atom. The summed E-state index contributed by atoms with van der Waals surface area (Å²) in [6.07, 6.45) is 0. The Hall–Kier alpha value is -8.06. The van der Waals surface area contributed by atoms with Crippen LogP contribution in [0.25, 0.3) is 104 Å². The molecule has 12 rings (SSSR count). The molecular weight excluding hydrogens is 687 g/mol. The van der Waals surface area contributed by atoms with Gasteiger partial charge in [-0.1, -0.05) is 91.0 Å². The molecule has 0 saturated heterocycles. The summed E-state index contributed by atoms with van der Waals surface area (Å²) in [5.74, 6) is 0. The molecule has 4 aromatic heterocycles. The smallest absolute Gasteiger partial charge is 0.145 e. The highest BCUT2D eigenvalue weighted by atomic mass is 16.3. The molecule has 56 heavy (non-hydrogen) atoms. The van der Waals surface area contributed by atoms with Crippen molar-refractivity contribution in [2.45, 2.75) is 0 Å². The first-order chi connectivity index (χ1) is 27.7. The van der Waals surface area contributed by atoms with E-state index >= 15 is 0 Å². The van der Waals surface area contributed by atoms with Gasteiger partial charge in [0.25, 0.3) is 0 Å². The van der Waals surface area contributed by atoms with E-state index in [9.17, 15) is 10.5 Å². The number of fused-ring (bicyclic) bond motifs is 13. The minimum absolute atomic E-state index is 0.309. The van der Waals surface area contributed by atoms with Gasteiger partial charge < -0.3 is 18.1 Å². The van der Waals surface area contributed by atoms with Crippen LogP contribution in [0.4, 0.5) is 0 Å². The summed E-state index contributed by atoms with van der Waals surface area (Å²) in [4.78, 5) is 0. The molecule has 0 N–H and O–H groups in total. The highest BCUT2D eigenvalue weighted by molar-refractivity contribution is 6.24. The van der Waals surface area contributed by atoms with E-state index in [1.54, 1.807) is 0 Å². The average Bonchev–Trinajstić information content (AvgIpc) is 3.99. The summed E-state index contributed by atoms with van der Waals surface area (Å²) < 4.78 is 13.2. The molecule has 0 aliphatic carbocycles. The van der Waals surface area contributed by atoms with Crippen molar-refractivity contribution in [2.24, 2.45) is 0 Å². The quantitative estimate of drug-likeness (QED) is 0.183. The number of aromatic nitrogens is 3. The van der Waals surface area contributed by atoms with Crippen LogP contribution in [0.5, 0.6) is 0 Å². The van der Waals surface area contributed by atoms with E-state index < -0.39 is 0 Å². The molecule has 8 aromatic carbocycles. The highest BCUT2D eigenvalue weighted by Gasteiger charge is 2.23. The van der Waals surface area contributed by atoms with E-state index in [0.29, 0.717) is 16.8 Å². The van der Waals surface area contributed by atoms with Crippen LogP contribution in [0.2, 0.25) is 0 Å². The Morgan fingerprint density at radius 1 is 0.393 bits per heavy atom. The summed E-state index contributed by atoms with van der Waals surface area (Å²) in [5, 5.41) is 30.1. The number of para-hydroxylation sites is 5. The van der Waals surface area contributed by atoms with E-state index in [1.165, 1.54) is 10.8 Å². The second kappa shape index (κ2) is 11.2. The van der Waals surface area contributed by atoms with Crippen molar-refractivity contribution in [2.75, 3.05) is 0 Å². The Morgan fingerprint density at radius 3 is 1.61 bits per heavy atom. The second-order valence-corrected chi connectivity index (χ2v) is 14.3. The average molecular weight is 714 g/mol. The van der Waals surface area contributed by atoms with Crippen LogP contribution in [0, 0.1) is 22.7 Å². The Bertz CT molecular complexity index is 3690. The lowest BCUT2D eigenvalue weighted by Gasteiger charge is -2.16. The van der Waals surface area contributed by atoms with Gasteiger partial charge in [-0.05, 0) is 72.8 Å². The van der Waals surface area contributed by atoms with Gasteiger partial charge in [0.05, 0.1) is 55.3 Å². The Labute approximate surface area is 319 Å². The molecular formula is C50H27N5O. The maximum atomic E-state index is 10.8. The highest BCUT2D eigenvalue weighted by Crippen LogP contribution is 2.42. The van der Waals surface area contributed by atoms with Gasteiger partial charge in [0, 0.05) is 49.1 Å². The van der Waals surface area contributed by atoms with E-state index in [0.717, 1.165) is 88.0 Å². The summed E-state index contributed by atoms with van der Waals surface area (Å²) in [6, 6.07) is 61.3. The van der Waals surface area contributed by atoms with Crippen molar-refractivity contribution < 1.29 is 4.42 Å². The van der Waals surface area contributed by atoms with Gasteiger partial charge in [0.1, 0.15) is 23.3 Å². The lowest BCUT2D eigenvalue weighted by atomic mass is 10.0. The number of hydrogen-bond donors (Lipinski definition) is 0. The molecule has 4 heterocycles. The van der Waals surface area contributed by atoms with Gasteiger partial charge in [-0.15, -0.1) is 0 Å². The fourth-order valence-corrected chi connectivity index (χ4v) is 9.20. The van der Waals surface area contributed by atoms with Crippen LogP contribution in [-0.2, 0) is 0 Å². The number of hydrogen-bond acceptors (Lipinski definition) is 3. The molecule has 12 aromatic rings. The lowest BCUT2D eigenvalue weighted by Crippen LogP contribution is -2.04. The Kier molecular flexibility index (Phi) is 6.10. The van der Waals surface area contributed by atoms with Gasteiger partial charge in [-0.25, -0.2) is 0 Å². The molecule has 0 saturated carbocycles. The zero-order chi connectivity index (χ0) is 37.1. The third-order valence-corrected chi connectivity index (χ3v) is 11.5. The number of rotatable bonds is 3. The summed E-state index contributed by atoms with van der Waals surface area (Å²) in [5.41, 5.74) is 10.9. The van der Waals surface area contributed by atoms with Crippen LogP contribution >= 0.6 is 0 Å². The van der Waals surface area contributed by atoms with Crippen LogP contribution in [-0.4, -0.2) is 13.7 Å². The maximum Gasteiger partial charge on any atom is 0.145 e. The van der Waals surface area contributed by atoms with Crippen LogP contribution < -0.4 is 0 Å². The first-order valence-corrected chi connectivity index (χ1v) is 18.6. The summed E-state index contributed by atoms with van der Waals surface area (Å²) >= 11 is 0. The van der Waals surface area contributed by atoms with Crippen molar-refractivity contribution in [1.82, 2.24) is 13.7 Å². The fourth-order valence-electron chi connectivity index (χ4n) is 9.20. The third kappa shape index (κ3) is 3.97. The Balaban J connectivity index is 1.15. The minimum atomic E-state index is 0.309. The molecule has 6 heteroatoms. The molecule has 0 atom stereocenters. The predicted octanol–water partition coefficient (Wildman–Crippen LogP) is 12.6. The largest absolute Gasteiger partial charge is 0.455 e. The number of nitriles is 2. The van der Waals surface area contributed by atoms with Crippen molar-refractivity contribution in [3.8, 4) is 29.2 Å². The minimum Gasteiger partial charge on any atom is -0.455 e. The number of furan rings is 1. The van der Waals surface area contributed by atoms with E-state index in [1.807, 2.05) is 42.5 Å². The molecule has 0 bridgehead atoms. The first kappa shape index (κ1) is 30.4. The van der Waals surface area contributed by atoms with Gasteiger partial charge >= 0.3 is 0 Å². The number of benzene rings is 8. The predicted molar refractivity (Wildman–Crippen MR) is 226 cm³/mol. The van der Waals surface area contributed by atoms with E-state index in [2.05, 4.69) is 147 Å². The lowest BCUT2D eigenvalue weighted by molar-refractivity contribution is 0.673. The molecule has 0 unspecified atom stereocenters. The number of nitrogens with zero attached hydrogens (tertiary/aromatic N) is 5. The summed E-state index contributed by atoms with van der Waals surface area (Å²) in [6.45, 7) is 0. The van der Waals surface area contributed by atoms with Gasteiger partial charge in [0.2, 0.25) is 0 Å². The fraction of sp³-hybridized carbons (Fsp3) is 0. The monoisotopic (exact) mass is 713 g/mol. The molecule has 0 fully saturated rings. The molecule has 0 radical (unpaired) electrons. The normalized spacial score (nSPS) is 11.9. The standard InChI is InChI=1S/C50H27N5O/c51-28-30-25-32(54-44-19-9-4-15-38(44)49-46(54)24-22-37-36-14-5-10-20-48(36)56-50(37)49)27-47(40(30)29-52)55-43-18-8-3-13-35(43)39-26-31(21-23-45(39)55)53-41-16-6-1-11-33(41)34-12-2-7-17-42(34)53/h1-27H. The second-order valence-electron chi connectivity index (χ2n) is 14.3. The van der Waals surface area contributed by atoms with E-state index in [-0.39, 0.29) is 0 Å². The van der Waals surface area contributed by atoms with Crippen molar-refractivity contribution >= 4 is 87.4 Å². The molecule has 6 nitrogen and oxygen atoms in total. The van der Waals surface area contributed by atoms with Gasteiger partial charge in [-0.2, -0.15) is 10.5 Å². The molecule has 0 spiro atoms. The molecule has 0 aliphatic heterocycles. The zero-order valence-electron chi connectivity index (χ0n) is 29.7. The van der Waals surface area contributed by atoms with Crippen LogP contribution in [0.3, 0.4) is 0 Å². The molecule has 0 amide bonds. The first-order valence-electron chi connectivity index (χ1n) is 18.6. The van der Waals surface area contributed by atoms with Crippen molar-refractivity contribution in [3.63, 3.8) is 0 Å².